The zero-order valence-corrected chi connectivity index (χ0v) is 17.4. The number of hydrogen-bond acceptors (Lipinski definition) is 6. The molecule has 2 aromatic rings. The first-order valence-electron chi connectivity index (χ1n) is 9.17. The standard InChI is InChI=1S/C18H21ClF2N6O3/c1-18(2,3)30-17(29)26-9-13(20)7-14(26)16(28)27(21)8-10-4-11(6-12(19)5-10)15-22-24-25-23-15/h4-6,13-14H,7-9H2,1-3H3,(H,22,23,24,25)/t13-,14+/m1/s1. The highest BCUT2D eigenvalue weighted by Crippen LogP contribution is 2.27. The van der Waals surface area contributed by atoms with Gasteiger partial charge < -0.3 is 4.74 Å². The van der Waals surface area contributed by atoms with E-state index in [-0.39, 0.29) is 28.9 Å². The summed E-state index contributed by atoms with van der Waals surface area (Å²) in [7, 11) is 0. The molecule has 1 N–H and O–H groups in total. The Labute approximate surface area is 176 Å². The van der Waals surface area contributed by atoms with Crippen LogP contribution in [0, 0.1) is 0 Å². The number of likely N-dealkylation sites (tertiary alicyclic amines) is 1. The molecule has 1 aromatic carbocycles. The molecule has 162 valence electrons. The molecule has 12 heteroatoms. The van der Waals surface area contributed by atoms with Crippen molar-refractivity contribution in [3.8, 4) is 11.4 Å². The molecule has 0 unspecified atom stereocenters. The van der Waals surface area contributed by atoms with Gasteiger partial charge >= 0.3 is 6.09 Å². The molecule has 0 radical (unpaired) electrons. The summed E-state index contributed by atoms with van der Waals surface area (Å²) in [4.78, 5) is 25.9. The Morgan fingerprint density at radius 1 is 1.37 bits per heavy atom. The van der Waals surface area contributed by atoms with Crippen molar-refractivity contribution in [1.82, 2.24) is 30.6 Å². The van der Waals surface area contributed by atoms with Gasteiger partial charge in [-0.3, -0.25) is 9.69 Å². The second-order valence-corrected chi connectivity index (χ2v) is 8.36. The van der Waals surface area contributed by atoms with Gasteiger partial charge in [0.25, 0.3) is 5.91 Å². The number of tetrazole rings is 1. The number of H-pyrrole nitrogens is 1. The Morgan fingerprint density at radius 3 is 2.73 bits per heavy atom. The minimum Gasteiger partial charge on any atom is -0.444 e. The minimum absolute atomic E-state index is 0.0637. The van der Waals surface area contributed by atoms with Crippen LogP contribution >= 0.6 is 11.6 Å². The number of rotatable bonds is 4. The molecule has 0 saturated carbocycles. The lowest BCUT2D eigenvalue weighted by Crippen LogP contribution is -2.47. The molecule has 3 rings (SSSR count). The van der Waals surface area contributed by atoms with E-state index in [4.69, 9.17) is 16.3 Å². The summed E-state index contributed by atoms with van der Waals surface area (Å²) in [6, 6.07) is 3.29. The van der Waals surface area contributed by atoms with Crippen molar-refractivity contribution < 1.29 is 23.2 Å². The number of carbonyl (C=O) groups excluding carboxylic acids is 2. The van der Waals surface area contributed by atoms with E-state index in [1.165, 1.54) is 6.07 Å². The van der Waals surface area contributed by atoms with Crippen molar-refractivity contribution in [2.75, 3.05) is 6.54 Å². The fourth-order valence-electron chi connectivity index (χ4n) is 3.10. The summed E-state index contributed by atoms with van der Waals surface area (Å²) in [5.74, 6) is -0.787. The average Bonchev–Trinajstić information content (AvgIpc) is 3.28. The van der Waals surface area contributed by atoms with Gasteiger partial charge in [-0.2, -0.15) is 10.3 Å². The number of carbonyl (C=O) groups is 2. The Hall–Kier alpha value is -2.82. The summed E-state index contributed by atoms with van der Waals surface area (Å²) < 4.78 is 33.9. The van der Waals surface area contributed by atoms with Gasteiger partial charge in [-0.1, -0.05) is 16.1 Å². The molecular weight excluding hydrogens is 422 g/mol. The zero-order chi connectivity index (χ0) is 22.1. The summed E-state index contributed by atoms with van der Waals surface area (Å²) in [6.45, 7) is 4.14. The number of halogens is 3. The lowest BCUT2D eigenvalue weighted by atomic mass is 10.1. The first-order chi connectivity index (χ1) is 14.0. The van der Waals surface area contributed by atoms with Crippen LogP contribution in [-0.4, -0.2) is 67.0 Å². The van der Waals surface area contributed by atoms with E-state index in [0.29, 0.717) is 11.1 Å². The third kappa shape index (κ3) is 5.21. The quantitative estimate of drug-likeness (QED) is 0.729. The maximum absolute atomic E-state index is 14.7. The van der Waals surface area contributed by atoms with E-state index in [1.807, 2.05) is 0 Å². The van der Waals surface area contributed by atoms with Crippen LogP contribution in [0.15, 0.2) is 18.2 Å². The Kier molecular flexibility index (Phi) is 6.20. The van der Waals surface area contributed by atoms with Crippen molar-refractivity contribution >= 4 is 23.6 Å². The normalized spacial score (nSPS) is 19.1. The van der Waals surface area contributed by atoms with Gasteiger partial charge in [0.15, 0.2) is 0 Å². The minimum atomic E-state index is -1.45. The highest BCUT2D eigenvalue weighted by Gasteiger charge is 2.43. The predicted octanol–water partition coefficient (Wildman–Crippen LogP) is 3.08. The van der Waals surface area contributed by atoms with Crippen molar-refractivity contribution in [2.24, 2.45) is 0 Å². The number of nitrogens with one attached hydrogen (secondary N) is 1. The molecule has 1 fully saturated rings. The van der Waals surface area contributed by atoms with Gasteiger partial charge in [0.05, 0.1) is 13.1 Å². The molecule has 2 heterocycles. The van der Waals surface area contributed by atoms with E-state index in [1.54, 1.807) is 32.9 Å². The van der Waals surface area contributed by atoms with Crippen LogP contribution in [0.4, 0.5) is 13.7 Å². The SMILES string of the molecule is CC(C)(C)OC(=O)N1C[C@H](F)C[C@H]1C(=O)N(F)Cc1cc(Cl)cc(-c2nn[nH]n2)c1. The molecule has 2 atom stereocenters. The summed E-state index contributed by atoms with van der Waals surface area (Å²) in [6.07, 6.45) is -2.62. The van der Waals surface area contributed by atoms with Crippen LogP contribution in [0.3, 0.4) is 0 Å². The predicted molar refractivity (Wildman–Crippen MR) is 103 cm³/mol. The van der Waals surface area contributed by atoms with E-state index >= 15 is 0 Å². The lowest BCUT2D eigenvalue weighted by Gasteiger charge is -2.28. The summed E-state index contributed by atoms with van der Waals surface area (Å²) in [5, 5.41) is 13.6. The van der Waals surface area contributed by atoms with E-state index in [0.717, 1.165) is 4.90 Å². The Balaban J connectivity index is 1.74. The number of hydrogen-bond donors (Lipinski definition) is 1. The zero-order valence-electron chi connectivity index (χ0n) is 16.6. The van der Waals surface area contributed by atoms with Crippen LogP contribution < -0.4 is 0 Å². The van der Waals surface area contributed by atoms with Crippen molar-refractivity contribution in [3.63, 3.8) is 0 Å². The van der Waals surface area contributed by atoms with Crippen LogP contribution in [0.5, 0.6) is 0 Å². The first-order valence-corrected chi connectivity index (χ1v) is 9.55. The van der Waals surface area contributed by atoms with E-state index < -0.39 is 36.4 Å². The molecule has 1 aliphatic rings. The monoisotopic (exact) mass is 442 g/mol. The van der Waals surface area contributed by atoms with Crippen LogP contribution in [0.25, 0.3) is 11.4 Å². The van der Waals surface area contributed by atoms with E-state index in [9.17, 15) is 18.5 Å². The third-order valence-corrected chi connectivity index (χ3v) is 4.50. The molecule has 1 aliphatic heterocycles. The molecular formula is C18H21ClF2N6O3. The van der Waals surface area contributed by atoms with Gasteiger partial charge in [0, 0.05) is 17.0 Å². The molecule has 1 saturated heterocycles. The van der Waals surface area contributed by atoms with Crippen molar-refractivity contribution in [3.05, 3.63) is 28.8 Å². The Morgan fingerprint density at radius 2 is 2.10 bits per heavy atom. The van der Waals surface area contributed by atoms with Gasteiger partial charge in [0.2, 0.25) is 5.82 Å². The molecule has 0 aliphatic carbocycles. The maximum Gasteiger partial charge on any atom is 0.411 e. The van der Waals surface area contributed by atoms with Gasteiger partial charge in [-0.05, 0) is 49.7 Å². The number of aromatic nitrogens is 4. The number of ether oxygens (including phenoxy) is 1. The fourth-order valence-corrected chi connectivity index (χ4v) is 3.35. The second kappa shape index (κ2) is 8.50. The number of alkyl halides is 1. The van der Waals surface area contributed by atoms with Gasteiger partial charge in [-0.15, -0.1) is 10.2 Å². The topological polar surface area (TPSA) is 104 Å². The van der Waals surface area contributed by atoms with Crippen molar-refractivity contribution in [2.45, 2.75) is 51.6 Å². The highest BCUT2D eigenvalue weighted by molar-refractivity contribution is 6.30. The average molecular weight is 443 g/mol. The van der Waals surface area contributed by atoms with Crippen LogP contribution in [0.1, 0.15) is 32.8 Å². The van der Waals surface area contributed by atoms with E-state index in [2.05, 4.69) is 20.6 Å². The largest absolute Gasteiger partial charge is 0.444 e. The summed E-state index contributed by atoms with van der Waals surface area (Å²) >= 11 is 6.07. The second-order valence-electron chi connectivity index (χ2n) is 7.92. The number of amides is 2. The number of aromatic amines is 1. The van der Waals surface area contributed by atoms with Gasteiger partial charge in [0.1, 0.15) is 17.8 Å². The van der Waals surface area contributed by atoms with Crippen LogP contribution in [0.2, 0.25) is 5.02 Å². The molecule has 1 aromatic heterocycles. The number of benzene rings is 1. The smallest absolute Gasteiger partial charge is 0.411 e. The molecule has 0 bridgehead atoms. The van der Waals surface area contributed by atoms with Gasteiger partial charge in [-0.25, -0.2) is 9.18 Å². The van der Waals surface area contributed by atoms with Crippen molar-refractivity contribution in [1.29, 1.82) is 0 Å². The first kappa shape index (κ1) is 21.9. The maximum atomic E-state index is 14.7. The molecule has 2 amide bonds. The molecule has 30 heavy (non-hydrogen) atoms. The van der Waals surface area contributed by atoms with Crippen LogP contribution in [-0.2, 0) is 16.1 Å². The number of nitrogens with zero attached hydrogens (tertiary/aromatic N) is 5. The Bertz CT molecular complexity index is 921. The summed E-state index contributed by atoms with van der Waals surface area (Å²) in [5.41, 5.74) is 0.00446. The third-order valence-electron chi connectivity index (χ3n) is 4.28. The molecule has 9 nitrogen and oxygen atoms in total. The highest BCUT2D eigenvalue weighted by atomic mass is 35.5. The fraction of sp³-hybridized carbons (Fsp3) is 0.500. The lowest BCUT2D eigenvalue weighted by molar-refractivity contribution is -0.152. The molecule has 0 spiro atoms.